The fourth-order valence-corrected chi connectivity index (χ4v) is 4.46. The monoisotopic (exact) mass is 650 g/mol. The molecule has 0 amide bonds. The van der Waals surface area contributed by atoms with Crippen LogP contribution >= 0.6 is 25.3 Å². The Morgan fingerprint density at radius 2 is 0.795 bits per heavy atom. The van der Waals surface area contributed by atoms with Crippen molar-refractivity contribution in [3.63, 3.8) is 0 Å². The largest absolute Gasteiger partial charge is 0.480 e. The Balaban J connectivity index is 0. The first kappa shape index (κ1) is 44.1. The van der Waals surface area contributed by atoms with E-state index in [-0.39, 0.29) is 0 Å². The van der Waals surface area contributed by atoms with Gasteiger partial charge in [-0.2, -0.15) is 25.3 Å². The third-order valence-electron chi connectivity index (χ3n) is 6.84. The molecule has 6 nitrogen and oxygen atoms in total. The summed E-state index contributed by atoms with van der Waals surface area (Å²) in [6.07, 6.45) is 21.9. The van der Waals surface area contributed by atoms with Gasteiger partial charge < -0.3 is 20.8 Å². The van der Waals surface area contributed by atoms with Crippen molar-refractivity contribution in [2.45, 2.75) is 119 Å². The van der Waals surface area contributed by atoms with Crippen LogP contribution in [0.5, 0.6) is 0 Å². The Morgan fingerprint density at radius 1 is 0.523 bits per heavy atom. The van der Waals surface area contributed by atoms with Gasteiger partial charge >= 0.3 is 11.9 Å². The standard InChI is InChI=1S/2C18H31NO2S/c2*1-14(2)7-5-8-15(3)9-6-10-16(4)11-12-19-17(13-22)18(20)21/h2*7,9,11,17,19,22H,5-6,8,10,12-13H2,1-4H3,(H,20,21). The van der Waals surface area contributed by atoms with Crippen molar-refractivity contribution in [1.29, 1.82) is 0 Å². The molecule has 0 aromatic rings. The molecule has 252 valence electrons. The molecule has 0 rings (SSSR count). The van der Waals surface area contributed by atoms with Gasteiger partial charge in [0.05, 0.1) is 0 Å². The number of allylic oxidation sites excluding steroid dienone is 10. The van der Waals surface area contributed by atoms with Gasteiger partial charge in [0.1, 0.15) is 12.1 Å². The van der Waals surface area contributed by atoms with Crippen molar-refractivity contribution in [1.82, 2.24) is 10.6 Å². The van der Waals surface area contributed by atoms with Crippen molar-refractivity contribution in [2.24, 2.45) is 0 Å². The zero-order valence-corrected chi connectivity index (χ0v) is 30.5. The minimum Gasteiger partial charge on any atom is -0.480 e. The molecule has 4 N–H and O–H groups in total. The Bertz CT molecular complexity index is 922. The lowest BCUT2D eigenvalue weighted by Crippen LogP contribution is -2.38. The van der Waals surface area contributed by atoms with E-state index >= 15 is 0 Å². The normalized spacial score (nSPS) is 13.9. The Kier molecular flexibility index (Phi) is 28.6. The van der Waals surface area contributed by atoms with Crippen molar-refractivity contribution in [3.8, 4) is 0 Å². The molecule has 0 aliphatic carbocycles. The highest BCUT2D eigenvalue weighted by Crippen LogP contribution is 2.12. The van der Waals surface area contributed by atoms with Gasteiger partial charge in [-0.25, -0.2) is 0 Å². The first-order chi connectivity index (χ1) is 20.7. The summed E-state index contributed by atoms with van der Waals surface area (Å²) >= 11 is 8.05. The van der Waals surface area contributed by atoms with E-state index < -0.39 is 24.0 Å². The summed E-state index contributed by atoms with van der Waals surface area (Å²) in [5.74, 6) is -1.10. The number of carboxylic acids is 2. The fourth-order valence-electron chi connectivity index (χ4n) is 3.89. The van der Waals surface area contributed by atoms with Crippen LogP contribution in [-0.4, -0.2) is 58.8 Å². The Hall–Kier alpha value is -2.00. The van der Waals surface area contributed by atoms with E-state index in [1.165, 1.54) is 33.4 Å². The number of aliphatic carboxylic acids is 2. The molecule has 0 aromatic heterocycles. The highest BCUT2D eigenvalue weighted by Gasteiger charge is 2.13. The van der Waals surface area contributed by atoms with Crippen LogP contribution in [0.2, 0.25) is 0 Å². The van der Waals surface area contributed by atoms with Crippen LogP contribution in [0.1, 0.15) is 107 Å². The summed E-state index contributed by atoms with van der Waals surface area (Å²) in [5.41, 5.74) is 8.18. The summed E-state index contributed by atoms with van der Waals surface area (Å²) in [7, 11) is 0. The number of hydrogen-bond donors (Lipinski definition) is 6. The maximum Gasteiger partial charge on any atom is 0.321 e. The predicted octanol–water partition coefficient (Wildman–Crippen LogP) is 8.76. The smallest absolute Gasteiger partial charge is 0.321 e. The van der Waals surface area contributed by atoms with Crippen molar-refractivity contribution in [2.75, 3.05) is 24.6 Å². The minimum atomic E-state index is -0.851. The highest BCUT2D eigenvalue weighted by atomic mass is 32.1. The van der Waals surface area contributed by atoms with E-state index in [1.54, 1.807) is 0 Å². The van der Waals surface area contributed by atoms with Gasteiger partial charge in [0.2, 0.25) is 0 Å². The zero-order valence-electron chi connectivity index (χ0n) is 28.7. The van der Waals surface area contributed by atoms with E-state index in [1.807, 2.05) is 0 Å². The topological polar surface area (TPSA) is 98.7 Å². The zero-order chi connectivity index (χ0) is 33.9. The number of nitrogens with one attached hydrogen (secondary N) is 2. The minimum absolute atomic E-state index is 0.301. The van der Waals surface area contributed by atoms with Gasteiger partial charge in [-0.1, -0.05) is 69.9 Å². The summed E-state index contributed by atoms with van der Waals surface area (Å²) in [4.78, 5) is 21.7. The van der Waals surface area contributed by atoms with Crippen LogP contribution < -0.4 is 10.6 Å². The molecule has 0 heterocycles. The lowest BCUT2D eigenvalue weighted by atomic mass is 10.1. The maximum atomic E-state index is 10.8. The molecular formula is C36H62N2O4S2. The summed E-state index contributed by atoms with van der Waals surface area (Å²) < 4.78 is 0. The maximum absolute atomic E-state index is 10.8. The van der Waals surface area contributed by atoms with E-state index in [0.717, 1.165) is 51.4 Å². The molecule has 0 fully saturated rings. The van der Waals surface area contributed by atoms with Gasteiger partial charge in [-0.15, -0.1) is 0 Å². The average molecular weight is 651 g/mol. The van der Waals surface area contributed by atoms with Crippen molar-refractivity contribution < 1.29 is 19.8 Å². The lowest BCUT2D eigenvalue weighted by molar-refractivity contribution is -0.139. The van der Waals surface area contributed by atoms with Gasteiger partial charge in [-0.05, 0) is 107 Å². The second-order valence-corrected chi connectivity index (χ2v) is 12.6. The van der Waals surface area contributed by atoms with E-state index in [0.29, 0.717) is 24.6 Å². The number of hydrogen-bond acceptors (Lipinski definition) is 6. The molecule has 0 spiro atoms. The van der Waals surface area contributed by atoms with E-state index in [2.05, 4.69) is 128 Å². The third-order valence-corrected chi connectivity index (χ3v) is 7.57. The molecule has 0 saturated carbocycles. The molecule has 0 saturated heterocycles. The highest BCUT2D eigenvalue weighted by molar-refractivity contribution is 7.80. The second kappa shape index (κ2) is 28.5. The van der Waals surface area contributed by atoms with Gasteiger partial charge in [-0.3, -0.25) is 9.59 Å². The first-order valence-corrected chi connectivity index (χ1v) is 17.0. The van der Waals surface area contributed by atoms with E-state index in [4.69, 9.17) is 10.2 Å². The van der Waals surface area contributed by atoms with Crippen LogP contribution in [0.3, 0.4) is 0 Å². The van der Waals surface area contributed by atoms with Crippen LogP contribution in [0, 0.1) is 0 Å². The number of rotatable bonds is 22. The molecule has 2 atom stereocenters. The van der Waals surface area contributed by atoms with Gasteiger partial charge in [0, 0.05) is 24.6 Å². The fraction of sp³-hybridized carbons (Fsp3) is 0.611. The predicted molar refractivity (Wildman–Crippen MR) is 197 cm³/mol. The number of carboxylic acid groups (broad SMARTS) is 2. The molecule has 0 aromatic carbocycles. The third kappa shape index (κ3) is 28.8. The molecule has 44 heavy (non-hydrogen) atoms. The van der Waals surface area contributed by atoms with Gasteiger partial charge in [0.15, 0.2) is 0 Å². The average Bonchev–Trinajstić information content (AvgIpc) is 2.93. The SMILES string of the molecule is CC(C)=CCCC(C)=CCCC(C)=CCNC(CS)C(=O)O.CC(C)=CCCC(C)=CCCC(C)=CCNC(CS)C(=O)O. The first-order valence-electron chi connectivity index (χ1n) is 15.8. The molecular weight excluding hydrogens is 589 g/mol. The Morgan fingerprint density at radius 3 is 1.05 bits per heavy atom. The molecule has 2 unspecified atom stereocenters. The molecule has 0 bridgehead atoms. The van der Waals surface area contributed by atoms with Crippen LogP contribution in [-0.2, 0) is 9.59 Å². The van der Waals surface area contributed by atoms with Crippen molar-refractivity contribution in [3.05, 3.63) is 69.9 Å². The molecule has 8 heteroatoms. The lowest BCUT2D eigenvalue weighted by Gasteiger charge is -2.10. The number of carbonyl (C=O) groups is 2. The quantitative estimate of drug-likeness (QED) is 0.0518. The number of thiol groups is 2. The second-order valence-electron chi connectivity index (χ2n) is 11.9. The van der Waals surface area contributed by atoms with Crippen LogP contribution in [0.25, 0.3) is 0 Å². The molecule has 0 radical (unpaired) electrons. The van der Waals surface area contributed by atoms with Crippen LogP contribution in [0.4, 0.5) is 0 Å². The van der Waals surface area contributed by atoms with E-state index in [9.17, 15) is 9.59 Å². The molecule has 0 aliphatic heterocycles. The Labute approximate surface area is 280 Å². The molecule has 0 aliphatic rings. The van der Waals surface area contributed by atoms with Gasteiger partial charge in [0.25, 0.3) is 0 Å². The summed E-state index contributed by atoms with van der Waals surface area (Å²) in [5, 5.41) is 23.7. The summed E-state index contributed by atoms with van der Waals surface area (Å²) in [6, 6.07) is -1.16. The van der Waals surface area contributed by atoms with Crippen LogP contribution in [0.15, 0.2) is 69.9 Å². The summed E-state index contributed by atoms with van der Waals surface area (Å²) in [6.45, 7) is 18.2. The van der Waals surface area contributed by atoms with Crippen molar-refractivity contribution >= 4 is 37.2 Å².